The van der Waals surface area contributed by atoms with Crippen LogP contribution in [0.5, 0.6) is 0 Å². The number of hydrogen-bond acceptors (Lipinski definition) is 3. The summed E-state index contributed by atoms with van der Waals surface area (Å²) in [5, 5.41) is 2.64. The molecular weight excluding hydrogens is 232 g/mol. The van der Waals surface area contributed by atoms with Crippen molar-refractivity contribution in [1.29, 1.82) is 0 Å². The van der Waals surface area contributed by atoms with Gasteiger partial charge in [-0.2, -0.15) is 0 Å². The number of nitrogens with zero attached hydrogens (tertiary/aromatic N) is 1. The van der Waals surface area contributed by atoms with Crippen LogP contribution >= 0.6 is 0 Å². The number of benzene rings is 1. The summed E-state index contributed by atoms with van der Waals surface area (Å²) < 4.78 is 0. The summed E-state index contributed by atoms with van der Waals surface area (Å²) in [6.07, 6.45) is 0. The first-order valence-electron chi connectivity index (χ1n) is 5.66. The van der Waals surface area contributed by atoms with Crippen LogP contribution in [-0.2, 0) is 14.4 Å². The summed E-state index contributed by atoms with van der Waals surface area (Å²) in [7, 11) is 1.51. The first-order chi connectivity index (χ1) is 8.49. The fourth-order valence-corrected chi connectivity index (χ4v) is 1.85. The Morgan fingerprint density at radius 2 is 1.89 bits per heavy atom. The number of aryl methyl sites for hydroxylation is 1. The number of amides is 2. The molecule has 0 bridgehead atoms. The normalized spacial score (nSPS) is 19.2. The molecule has 1 fully saturated rings. The number of ketones is 1. The van der Waals surface area contributed by atoms with E-state index in [1.165, 1.54) is 11.9 Å². The minimum absolute atomic E-state index is 0.148. The third kappa shape index (κ3) is 2.25. The molecule has 1 unspecified atom stereocenters. The van der Waals surface area contributed by atoms with Gasteiger partial charge in [0.25, 0.3) is 5.91 Å². The van der Waals surface area contributed by atoms with E-state index >= 15 is 0 Å². The van der Waals surface area contributed by atoms with Crippen molar-refractivity contribution in [3.05, 3.63) is 29.8 Å². The van der Waals surface area contributed by atoms with Crippen LogP contribution in [0.2, 0.25) is 0 Å². The van der Waals surface area contributed by atoms with Crippen LogP contribution < -0.4 is 5.32 Å². The molecule has 1 atom stereocenters. The van der Waals surface area contributed by atoms with Gasteiger partial charge in [-0.25, -0.2) is 0 Å². The smallest absolute Gasteiger partial charge is 0.290 e. The van der Waals surface area contributed by atoms with E-state index in [-0.39, 0.29) is 6.54 Å². The summed E-state index contributed by atoms with van der Waals surface area (Å²) in [5.41, 5.74) is 1.71. The van der Waals surface area contributed by atoms with Crippen molar-refractivity contribution >= 4 is 23.3 Å². The molecule has 0 aromatic heterocycles. The molecule has 1 saturated heterocycles. The lowest BCUT2D eigenvalue weighted by Crippen LogP contribution is -2.29. The van der Waals surface area contributed by atoms with E-state index in [4.69, 9.17) is 0 Å². The number of hydrogen-bond donors (Lipinski definition) is 1. The van der Waals surface area contributed by atoms with Crippen LogP contribution in [0.15, 0.2) is 24.3 Å². The Hall–Kier alpha value is -2.17. The average molecular weight is 246 g/mol. The number of Topliss-reactive ketones (excluding diaryl/α,β-unsaturated/α-hetero) is 1. The van der Waals surface area contributed by atoms with Crippen molar-refractivity contribution in [2.45, 2.75) is 6.92 Å². The third-order valence-corrected chi connectivity index (χ3v) is 2.97. The summed E-state index contributed by atoms with van der Waals surface area (Å²) in [5.74, 6) is -2.56. The zero-order chi connectivity index (χ0) is 13.3. The minimum atomic E-state index is -0.899. The zero-order valence-corrected chi connectivity index (χ0v) is 10.3. The molecule has 1 aliphatic heterocycles. The van der Waals surface area contributed by atoms with Crippen molar-refractivity contribution in [2.75, 3.05) is 18.9 Å². The van der Waals surface area contributed by atoms with Crippen LogP contribution in [0.25, 0.3) is 0 Å². The van der Waals surface area contributed by atoms with Gasteiger partial charge in [0.1, 0.15) is 5.92 Å². The van der Waals surface area contributed by atoms with Crippen LogP contribution in [0.3, 0.4) is 0 Å². The van der Waals surface area contributed by atoms with Gasteiger partial charge in [-0.05, 0) is 19.1 Å². The molecule has 1 aromatic carbocycles. The quantitative estimate of drug-likeness (QED) is 0.613. The van der Waals surface area contributed by atoms with E-state index in [1.54, 1.807) is 12.1 Å². The fraction of sp³-hybridized carbons (Fsp3) is 0.308. The van der Waals surface area contributed by atoms with Crippen LogP contribution in [0.4, 0.5) is 5.69 Å². The van der Waals surface area contributed by atoms with Crippen LogP contribution in [-0.4, -0.2) is 36.1 Å². The summed E-state index contributed by atoms with van der Waals surface area (Å²) >= 11 is 0. The second-order valence-electron chi connectivity index (χ2n) is 4.46. The van der Waals surface area contributed by atoms with Gasteiger partial charge in [-0.3, -0.25) is 14.4 Å². The molecule has 0 radical (unpaired) electrons. The number of rotatable bonds is 2. The second-order valence-corrected chi connectivity index (χ2v) is 4.46. The fourth-order valence-electron chi connectivity index (χ4n) is 1.85. The number of anilines is 1. The molecule has 0 aliphatic carbocycles. The Bertz CT molecular complexity index is 507. The lowest BCUT2D eigenvalue weighted by atomic mass is 10.1. The number of likely N-dealkylation sites (tertiary alicyclic amines) is 1. The second kappa shape index (κ2) is 4.60. The molecule has 0 spiro atoms. The molecule has 1 N–H and O–H groups in total. The van der Waals surface area contributed by atoms with Crippen molar-refractivity contribution in [1.82, 2.24) is 4.90 Å². The highest BCUT2D eigenvalue weighted by molar-refractivity contribution is 6.43. The molecule has 94 valence electrons. The first-order valence-corrected chi connectivity index (χ1v) is 5.66. The molecule has 1 heterocycles. The third-order valence-electron chi connectivity index (χ3n) is 2.97. The highest BCUT2D eigenvalue weighted by atomic mass is 16.2. The number of carbonyl (C=O) groups is 3. The van der Waals surface area contributed by atoms with Gasteiger partial charge in [0, 0.05) is 19.3 Å². The molecule has 5 nitrogen and oxygen atoms in total. The molecule has 1 aromatic rings. The van der Waals surface area contributed by atoms with Gasteiger partial charge >= 0.3 is 0 Å². The topological polar surface area (TPSA) is 66.5 Å². The minimum Gasteiger partial charge on any atom is -0.338 e. The predicted molar refractivity (Wildman–Crippen MR) is 65.9 cm³/mol. The largest absolute Gasteiger partial charge is 0.338 e. The van der Waals surface area contributed by atoms with Gasteiger partial charge in [-0.15, -0.1) is 0 Å². The van der Waals surface area contributed by atoms with E-state index in [1.807, 2.05) is 19.1 Å². The SMILES string of the molecule is Cc1ccc(NC(=O)C2CN(C)C(=O)C2=O)cc1. The van der Waals surface area contributed by atoms with Crippen LogP contribution in [0.1, 0.15) is 5.56 Å². The maximum atomic E-state index is 11.9. The van der Waals surface area contributed by atoms with E-state index in [0.717, 1.165) is 5.56 Å². The van der Waals surface area contributed by atoms with Gasteiger partial charge in [0.15, 0.2) is 0 Å². The number of likely N-dealkylation sites (N-methyl/N-ethyl adjacent to an activating group) is 1. The monoisotopic (exact) mass is 246 g/mol. The van der Waals surface area contributed by atoms with Crippen LogP contribution in [0, 0.1) is 12.8 Å². The average Bonchev–Trinajstić information content (AvgIpc) is 2.60. The van der Waals surface area contributed by atoms with Gasteiger partial charge in [-0.1, -0.05) is 17.7 Å². The van der Waals surface area contributed by atoms with E-state index < -0.39 is 23.5 Å². The molecule has 2 rings (SSSR count). The Labute approximate surface area is 105 Å². The highest BCUT2D eigenvalue weighted by Gasteiger charge is 2.41. The Kier molecular flexibility index (Phi) is 3.14. The Morgan fingerprint density at radius 1 is 1.28 bits per heavy atom. The molecule has 0 saturated carbocycles. The number of carbonyl (C=O) groups excluding carboxylic acids is 3. The molecular formula is C13H14N2O3. The van der Waals surface area contributed by atoms with Crippen molar-refractivity contribution in [3.8, 4) is 0 Å². The number of nitrogens with one attached hydrogen (secondary N) is 1. The molecule has 2 amide bonds. The maximum absolute atomic E-state index is 11.9. The first kappa shape index (κ1) is 12.3. The zero-order valence-electron chi connectivity index (χ0n) is 10.3. The van der Waals surface area contributed by atoms with E-state index in [2.05, 4.69) is 5.32 Å². The maximum Gasteiger partial charge on any atom is 0.290 e. The Balaban J connectivity index is 2.07. The lowest BCUT2D eigenvalue weighted by Gasteiger charge is -2.09. The highest BCUT2D eigenvalue weighted by Crippen LogP contribution is 2.16. The van der Waals surface area contributed by atoms with Gasteiger partial charge in [0.2, 0.25) is 11.7 Å². The molecule has 5 heteroatoms. The summed E-state index contributed by atoms with van der Waals surface area (Å²) in [6.45, 7) is 2.09. The molecule has 18 heavy (non-hydrogen) atoms. The summed E-state index contributed by atoms with van der Waals surface area (Å²) in [6, 6.07) is 7.25. The summed E-state index contributed by atoms with van der Waals surface area (Å²) in [4.78, 5) is 36.0. The van der Waals surface area contributed by atoms with E-state index in [0.29, 0.717) is 5.69 Å². The van der Waals surface area contributed by atoms with Crippen molar-refractivity contribution in [3.63, 3.8) is 0 Å². The van der Waals surface area contributed by atoms with Crippen molar-refractivity contribution in [2.24, 2.45) is 5.92 Å². The van der Waals surface area contributed by atoms with Gasteiger partial charge in [0.05, 0.1) is 0 Å². The van der Waals surface area contributed by atoms with Gasteiger partial charge < -0.3 is 10.2 Å². The lowest BCUT2D eigenvalue weighted by molar-refractivity contribution is -0.141. The standard InChI is InChI=1S/C13H14N2O3/c1-8-3-5-9(6-4-8)14-12(17)10-7-15(2)13(18)11(10)16/h3-6,10H,7H2,1-2H3,(H,14,17). The Morgan fingerprint density at radius 3 is 2.39 bits per heavy atom. The van der Waals surface area contributed by atoms with E-state index in [9.17, 15) is 14.4 Å². The molecule has 1 aliphatic rings. The van der Waals surface area contributed by atoms with Crippen molar-refractivity contribution < 1.29 is 14.4 Å². The predicted octanol–water partition coefficient (Wildman–Crippen LogP) is 0.591.